The molecule has 0 aromatic heterocycles. The number of ether oxygens (including phenoxy) is 4. The molecular formula is C26H22N2O4. The van der Waals surface area contributed by atoms with Gasteiger partial charge in [-0.3, -0.25) is 0 Å². The monoisotopic (exact) mass is 426 g/mol. The number of hydrogen-bond acceptors (Lipinski definition) is 6. The fourth-order valence-corrected chi connectivity index (χ4v) is 3.46. The zero-order valence-corrected chi connectivity index (χ0v) is 17.4. The predicted octanol–water partition coefficient (Wildman–Crippen LogP) is 6.48. The molecule has 0 amide bonds. The minimum absolute atomic E-state index is 0.426. The fraction of sp³-hybridized carbons (Fsp3) is 0.154. The molecule has 0 saturated carbocycles. The minimum Gasteiger partial charge on any atom is -0.490 e. The van der Waals surface area contributed by atoms with Crippen molar-refractivity contribution in [2.45, 2.75) is 0 Å². The molecule has 0 atom stereocenters. The highest BCUT2D eigenvalue weighted by Gasteiger charge is 2.08. The van der Waals surface area contributed by atoms with E-state index < -0.39 is 0 Å². The number of azo groups is 1. The summed E-state index contributed by atoms with van der Waals surface area (Å²) >= 11 is 0. The molecule has 8 bridgehead atoms. The molecule has 0 fully saturated rings. The summed E-state index contributed by atoms with van der Waals surface area (Å²) in [6.07, 6.45) is 0. The molecule has 3 heterocycles. The summed E-state index contributed by atoms with van der Waals surface area (Å²) in [7, 11) is 0. The van der Waals surface area contributed by atoms with Gasteiger partial charge in [-0.15, -0.1) is 0 Å². The van der Waals surface area contributed by atoms with Crippen LogP contribution in [0.4, 0.5) is 11.4 Å². The van der Waals surface area contributed by atoms with E-state index in [1.165, 1.54) is 0 Å². The highest BCUT2D eigenvalue weighted by atomic mass is 16.5. The number of benzene rings is 4. The first-order valence-electron chi connectivity index (χ1n) is 10.5. The van der Waals surface area contributed by atoms with Crippen LogP contribution < -0.4 is 18.9 Å². The lowest BCUT2D eigenvalue weighted by molar-refractivity contribution is 0.217. The third kappa shape index (κ3) is 4.64. The Morgan fingerprint density at radius 3 is 1.28 bits per heavy atom. The van der Waals surface area contributed by atoms with E-state index in [0.717, 1.165) is 45.1 Å². The zero-order valence-electron chi connectivity index (χ0n) is 17.4. The van der Waals surface area contributed by atoms with Gasteiger partial charge in [-0.05, 0) is 60.7 Å². The van der Waals surface area contributed by atoms with Crippen molar-refractivity contribution in [3.8, 4) is 23.0 Å². The Hall–Kier alpha value is -4.06. The molecule has 0 aliphatic carbocycles. The lowest BCUT2D eigenvalue weighted by atomic mass is 10.1. The van der Waals surface area contributed by atoms with Gasteiger partial charge in [-0.25, -0.2) is 0 Å². The summed E-state index contributed by atoms with van der Waals surface area (Å²) in [5.41, 5.74) is 1.50. The van der Waals surface area contributed by atoms with Crippen molar-refractivity contribution in [3.05, 3.63) is 84.9 Å². The Balaban J connectivity index is 1.41. The van der Waals surface area contributed by atoms with Crippen molar-refractivity contribution in [3.63, 3.8) is 0 Å². The van der Waals surface area contributed by atoms with Gasteiger partial charge in [0.1, 0.15) is 49.4 Å². The van der Waals surface area contributed by atoms with Gasteiger partial charge in [0, 0.05) is 10.8 Å². The van der Waals surface area contributed by atoms with E-state index >= 15 is 0 Å². The Morgan fingerprint density at radius 2 is 0.844 bits per heavy atom. The van der Waals surface area contributed by atoms with Crippen molar-refractivity contribution in [1.29, 1.82) is 0 Å². The van der Waals surface area contributed by atoms with Gasteiger partial charge in [0.25, 0.3) is 0 Å². The van der Waals surface area contributed by atoms with Crippen LogP contribution in [0.15, 0.2) is 95.2 Å². The second-order valence-corrected chi connectivity index (χ2v) is 7.19. The molecule has 0 spiro atoms. The summed E-state index contributed by atoms with van der Waals surface area (Å²) in [4.78, 5) is 0. The quantitative estimate of drug-likeness (QED) is 0.323. The van der Waals surface area contributed by atoms with Crippen LogP contribution in [-0.4, -0.2) is 26.4 Å². The van der Waals surface area contributed by atoms with Crippen LogP contribution in [0.3, 0.4) is 0 Å². The molecule has 4 aromatic rings. The number of fused-ring (bicyclic) bond motifs is 2. The molecule has 4 aromatic carbocycles. The van der Waals surface area contributed by atoms with E-state index in [0.29, 0.717) is 26.4 Å². The van der Waals surface area contributed by atoms with Crippen LogP contribution in [0.25, 0.3) is 10.8 Å². The number of rotatable bonds is 0. The van der Waals surface area contributed by atoms with Crippen LogP contribution in [0, 0.1) is 0 Å². The van der Waals surface area contributed by atoms with E-state index in [-0.39, 0.29) is 0 Å². The molecular weight excluding hydrogens is 404 g/mol. The third-order valence-electron chi connectivity index (χ3n) is 5.02. The second kappa shape index (κ2) is 9.39. The van der Waals surface area contributed by atoms with Gasteiger partial charge >= 0.3 is 0 Å². The van der Waals surface area contributed by atoms with Gasteiger partial charge in [0.05, 0.1) is 11.4 Å². The van der Waals surface area contributed by atoms with Gasteiger partial charge in [0.15, 0.2) is 0 Å². The SMILES string of the molecule is c1cc2c3cccc(c3c1)OCCOc1ccc(cc1)N=Nc1ccc(cc1)OCCO2. The van der Waals surface area contributed by atoms with Crippen molar-refractivity contribution in [1.82, 2.24) is 0 Å². The Labute approximate surface area is 186 Å². The molecule has 3 aliphatic heterocycles. The van der Waals surface area contributed by atoms with Crippen LogP contribution >= 0.6 is 0 Å². The zero-order chi connectivity index (χ0) is 21.6. The Morgan fingerprint density at radius 1 is 0.438 bits per heavy atom. The lowest BCUT2D eigenvalue weighted by Crippen LogP contribution is -2.10. The van der Waals surface area contributed by atoms with Gasteiger partial charge in [-0.2, -0.15) is 10.2 Å². The van der Waals surface area contributed by atoms with Gasteiger partial charge in [-0.1, -0.05) is 24.3 Å². The van der Waals surface area contributed by atoms with Gasteiger partial charge in [0.2, 0.25) is 0 Å². The molecule has 6 nitrogen and oxygen atoms in total. The normalized spacial score (nSPS) is 14.0. The van der Waals surface area contributed by atoms with E-state index in [4.69, 9.17) is 18.9 Å². The molecule has 0 unspecified atom stereocenters. The summed E-state index contributed by atoms with van der Waals surface area (Å²) in [5, 5.41) is 10.5. The molecule has 6 heteroatoms. The van der Waals surface area contributed by atoms with Gasteiger partial charge < -0.3 is 18.9 Å². The molecule has 7 rings (SSSR count). The summed E-state index contributed by atoms with van der Waals surface area (Å²) in [6.45, 7) is 1.71. The highest BCUT2D eigenvalue weighted by molar-refractivity contribution is 5.93. The first-order valence-corrected chi connectivity index (χ1v) is 10.5. The minimum atomic E-state index is 0.426. The first-order chi connectivity index (χ1) is 15.8. The topological polar surface area (TPSA) is 61.6 Å². The van der Waals surface area contributed by atoms with Crippen LogP contribution in [-0.2, 0) is 0 Å². The Kier molecular flexibility index (Phi) is 5.83. The smallest absolute Gasteiger partial charge is 0.127 e. The molecule has 0 saturated heterocycles. The van der Waals surface area contributed by atoms with Crippen LogP contribution in [0.2, 0.25) is 0 Å². The van der Waals surface area contributed by atoms with Crippen LogP contribution in [0.1, 0.15) is 0 Å². The molecule has 0 radical (unpaired) electrons. The fourth-order valence-electron chi connectivity index (χ4n) is 3.46. The summed E-state index contributed by atoms with van der Waals surface area (Å²) in [5.74, 6) is 3.10. The molecule has 32 heavy (non-hydrogen) atoms. The van der Waals surface area contributed by atoms with E-state index in [9.17, 15) is 0 Å². The predicted molar refractivity (Wildman–Crippen MR) is 123 cm³/mol. The summed E-state index contributed by atoms with van der Waals surface area (Å²) in [6, 6.07) is 26.9. The maximum atomic E-state index is 6.00. The maximum Gasteiger partial charge on any atom is 0.127 e. The average molecular weight is 426 g/mol. The average Bonchev–Trinajstić information content (AvgIpc) is 2.84. The summed E-state index contributed by atoms with van der Waals surface area (Å²) < 4.78 is 23.6. The van der Waals surface area contributed by atoms with Crippen molar-refractivity contribution < 1.29 is 18.9 Å². The lowest BCUT2D eigenvalue weighted by Gasteiger charge is -2.14. The second-order valence-electron chi connectivity index (χ2n) is 7.19. The van der Waals surface area contributed by atoms with Crippen molar-refractivity contribution >= 4 is 22.1 Å². The molecule has 0 N–H and O–H groups in total. The van der Waals surface area contributed by atoms with Crippen molar-refractivity contribution in [2.75, 3.05) is 26.4 Å². The number of hydrogen-bond donors (Lipinski definition) is 0. The Bertz CT molecular complexity index is 1120. The van der Waals surface area contributed by atoms with Crippen LogP contribution in [0.5, 0.6) is 23.0 Å². The molecule has 160 valence electrons. The molecule has 3 aliphatic rings. The van der Waals surface area contributed by atoms with E-state index in [2.05, 4.69) is 10.2 Å². The van der Waals surface area contributed by atoms with Crippen molar-refractivity contribution in [2.24, 2.45) is 10.2 Å². The maximum absolute atomic E-state index is 6.00. The third-order valence-corrected chi connectivity index (χ3v) is 5.02. The number of nitrogens with zero attached hydrogens (tertiary/aromatic N) is 2. The largest absolute Gasteiger partial charge is 0.490 e. The van der Waals surface area contributed by atoms with E-state index in [1.807, 2.05) is 84.9 Å². The highest BCUT2D eigenvalue weighted by Crippen LogP contribution is 2.32. The standard InChI is InChI=1S/C26H22N2O4/c1-3-23-24-4-2-6-26(23)32-18-16-30-22-13-9-20(10-14-22)28-27-19-7-11-21(12-8-19)29-15-17-31-25(24)5-1/h1-14H,15-18H2. The first kappa shape index (κ1) is 19.9. The van der Waals surface area contributed by atoms with E-state index in [1.54, 1.807) is 0 Å².